The molecule has 1 atom stereocenters. The SMILES string of the molecule is CC(CO)(NC(=O)CCn1cncn1)c1ccccc1. The molecular formula is C14H18N4O2. The van der Waals surface area contributed by atoms with Gasteiger partial charge in [0.1, 0.15) is 12.7 Å². The number of aliphatic hydroxyl groups is 1. The van der Waals surface area contributed by atoms with Crippen LogP contribution in [0.5, 0.6) is 0 Å². The zero-order valence-corrected chi connectivity index (χ0v) is 11.4. The zero-order chi connectivity index (χ0) is 14.4. The summed E-state index contributed by atoms with van der Waals surface area (Å²) >= 11 is 0. The molecule has 106 valence electrons. The van der Waals surface area contributed by atoms with Crippen molar-refractivity contribution in [1.29, 1.82) is 0 Å². The highest BCUT2D eigenvalue weighted by atomic mass is 16.3. The van der Waals surface area contributed by atoms with Crippen LogP contribution in [0.4, 0.5) is 0 Å². The maximum absolute atomic E-state index is 12.0. The van der Waals surface area contributed by atoms with Gasteiger partial charge in [-0.05, 0) is 12.5 Å². The lowest BCUT2D eigenvalue weighted by atomic mass is 9.93. The van der Waals surface area contributed by atoms with E-state index in [9.17, 15) is 9.90 Å². The molecule has 1 amide bonds. The van der Waals surface area contributed by atoms with Gasteiger partial charge in [-0.3, -0.25) is 9.48 Å². The lowest BCUT2D eigenvalue weighted by molar-refractivity contribution is -0.123. The quantitative estimate of drug-likeness (QED) is 0.812. The summed E-state index contributed by atoms with van der Waals surface area (Å²) in [6.07, 6.45) is 3.28. The smallest absolute Gasteiger partial charge is 0.222 e. The summed E-state index contributed by atoms with van der Waals surface area (Å²) in [5.74, 6) is -0.138. The van der Waals surface area contributed by atoms with Crippen molar-refractivity contribution in [3.05, 3.63) is 48.5 Å². The van der Waals surface area contributed by atoms with E-state index in [1.807, 2.05) is 30.3 Å². The lowest BCUT2D eigenvalue weighted by Gasteiger charge is -2.29. The standard InChI is InChI=1S/C14H18N4O2/c1-14(9-19,12-5-3-2-4-6-12)17-13(20)7-8-18-11-15-10-16-18/h2-6,10-11,19H,7-9H2,1H3,(H,17,20). The number of nitrogens with zero attached hydrogens (tertiary/aromatic N) is 3. The molecule has 0 radical (unpaired) electrons. The Morgan fingerprint density at radius 1 is 1.40 bits per heavy atom. The fourth-order valence-corrected chi connectivity index (χ4v) is 1.94. The highest BCUT2D eigenvalue weighted by Crippen LogP contribution is 2.19. The second kappa shape index (κ2) is 6.29. The number of aliphatic hydroxyl groups excluding tert-OH is 1. The van der Waals surface area contributed by atoms with Gasteiger partial charge in [-0.15, -0.1) is 0 Å². The molecule has 0 saturated heterocycles. The van der Waals surface area contributed by atoms with Crippen molar-refractivity contribution in [3.63, 3.8) is 0 Å². The molecule has 0 fully saturated rings. The zero-order valence-electron chi connectivity index (χ0n) is 11.4. The normalized spacial score (nSPS) is 13.7. The van der Waals surface area contributed by atoms with Crippen LogP contribution in [0.3, 0.4) is 0 Å². The number of carbonyl (C=O) groups excluding carboxylic acids is 1. The number of aryl methyl sites for hydroxylation is 1. The molecule has 0 saturated carbocycles. The molecule has 0 aliphatic carbocycles. The van der Waals surface area contributed by atoms with Gasteiger partial charge in [-0.1, -0.05) is 30.3 Å². The van der Waals surface area contributed by atoms with Crippen molar-refractivity contribution >= 4 is 5.91 Å². The van der Waals surface area contributed by atoms with Crippen molar-refractivity contribution in [2.24, 2.45) is 0 Å². The first-order valence-electron chi connectivity index (χ1n) is 6.44. The van der Waals surface area contributed by atoms with Crippen molar-refractivity contribution in [3.8, 4) is 0 Å². The van der Waals surface area contributed by atoms with Crippen LogP contribution >= 0.6 is 0 Å². The molecule has 6 heteroatoms. The first-order valence-corrected chi connectivity index (χ1v) is 6.44. The molecule has 6 nitrogen and oxygen atoms in total. The van der Waals surface area contributed by atoms with Gasteiger partial charge in [0.25, 0.3) is 0 Å². The van der Waals surface area contributed by atoms with Crippen molar-refractivity contribution in [1.82, 2.24) is 20.1 Å². The highest BCUT2D eigenvalue weighted by Gasteiger charge is 2.27. The first kappa shape index (κ1) is 14.2. The summed E-state index contributed by atoms with van der Waals surface area (Å²) < 4.78 is 1.60. The van der Waals surface area contributed by atoms with Gasteiger partial charge in [0, 0.05) is 6.42 Å². The predicted octanol–water partition coefficient (Wildman–Crippen LogP) is 0.692. The van der Waals surface area contributed by atoms with Crippen LogP contribution in [-0.4, -0.2) is 32.4 Å². The second-order valence-corrected chi connectivity index (χ2v) is 4.81. The maximum Gasteiger partial charge on any atom is 0.222 e. The number of hydrogen-bond acceptors (Lipinski definition) is 4. The molecule has 1 aromatic carbocycles. The molecule has 1 aromatic heterocycles. The fourth-order valence-electron chi connectivity index (χ4n) is 1.94. The van der Waals surface area contributed by atoms with Gasteiger partial charge in [-0.2, -0.15) is 5.10 Å². The number of nitrogens with one attached hydrogen (secondary N) is 1. The number of aromatic nitrogens is 3. The average Bonchev–Trinajstić information content (AvgIpc) is 2.99. The molecule has 20 heavy (non-hydrogen) atoms. The van der Waals surface area contributed by atoms with Crippen LogP contribution in [0.15, 0.2) is 43.0 Å². The van der Waals surface area contributed by atoms with Gasteiger partial charge in [0.05, 0.1) is 18.7 Å². The Hall–Kier alpha value is -2.21. The Labute approximate surface area is 117 Å². The lowest BCUT2D eigenvalue weighted by Crippen LogP contribution is -2.46. The van der Waals surface area contributed by atoms with E-state index in [0.717, 1.165) is 5.56 Å². The Bertz CT molecular complexity index is 542. The largest absolute Gasteiger partial charge is 0.394 e. The van der Waals surface area contributed by atoms with Crippen LogP contribution in [0.25, 0.3) is 0 Å². The van der Waals surface area contributed by atoms with Gasteiger partial charge in [-0.25, -0.2) is 4.98 Å². The van der Waals surface area contributed by atoms with Crippen LogP contribution in [0, 0.1) is 0 Å². The Balaban J connectivity index is 1.97. The van der Waals surface area contributed by atoms with Crippen LogP contribution in [0.1, 0.15) is 18.9 Å². The number of hydrogen-bond donors (Lipinski definition) is 2. The van der Waals surface area contributed by atoms with Crippen LogP contribution in [-0.2, 0) is 16.9 Å². The summed E-state index contributed by atoms with van der Waals surface area (Å²) in [7, 11) is 0. The van der Waals surface area contributed by atoms with E-state index in [0.29, 0.717) is 6.54 Å². The van der Waals surface area contributed by atoms with Gasteiger partial charge >= 0.3 is 0 Å². The topological polar surface area (TPSA) is 80.0 Å². The average molecular weight is 274 g/mol. The summed E-state index contributed by atoms with van der Waals surface area (Å²) in [5.41, 5.74) is 0.0948. The highest BCUT2D eigenvalue weighted by molar-refractivity contribution is 5.77. The first-order chi connectivity index (χ1) is 9.64. The van der Waals surface area contributed by atoms with Crippen LogP contribution < -0.4 is 5.32 Å². The van der Waals surface area contributed by atoms with E-state index in [2.05, 4.69) is 15.4 Å². The third-order valence-corrected chi connectivity index (χ3v) is 3.18. The minimum Gasteiger partial charge on any atom is -0.394 e. The van der Waals surface area contributed by atoms with Crippen molar-refractivity contribution < 1.29 is 9.90 Å². The van der Waals surface area contributed by atoms with Gasteiger partial charge in [0.15, 0.2) is 0 Å². The van der Waals surface area contributed by atoms with Crippen LogP contribution in [0.2, 0.25) is 0 Å². The predicted molar refractivity (Wildman–Crippen MR) is 73.7 cm³/mol. The minimum absolute atomic E-state index is 0.138. The summed E-state index contributed by atoms with van der Waals surface area (Å²) in [5, 5.41) is 16.4. The van der Waals surface area contributed by atoms with E-state index in [4.69, 9.17) is 0 Å². The monoisotopic (exact) mass is 274 g/mol. The summed E-state index contributed by atoms with van der Waals surface area (Å²) in [6.45, 7) is 2.10. The van der Waals surface area contributed by atoms with Gasteiger partial charge < -0.3 is 10.4 Å². The molecular weight excluding hydrogens is 256 g/mol. The second-order valence-electron chi connectivity index (χ2n) is 4.81. The van der Waals surface area contributed by atoms with E-state index >= 15 is 0 Å². The number of amides is 1. The summed E-state index contributed by atoms with van der Waals surface area (Å²) in [4.78, 5) is 15.8. The summed E-state index contributed by atoms with van der Waals surface area (Å²) in [6, 6.07) is 9.42. The fraction of sp³-hybridized carbons (Fsp3) is 0.357. The van der Waals surface area contributed by atoms with E-state index in [1.165, 1.54) is 6.33 Å². The molecule has 2 aromatic rings. The Kier molecular flexibility index (Phi) is 4.47. The van der Waals surface area contributed by atoms with Crippen molar-refractivity contribution in [2.75, 3.05) is 6.61 Å². The van der Waals surface area contributed by atoms with E-state index in [1.54, 1.807) is 17.9 Å². The molecule has 2 N–H and O–H groups in total. The Morgan fingerprint density at radius 3 is 2.75 bits per heavy atom. The molecule has 0 bridgehead atoms. The number of benzene rings is 1. The maximum atomic E-state index is 12.0. The molecule has 0 aliphatic heterocycles. The van der Waals surface area contributed by atoms with E-state index in [-0.39, 0.29) is 18.9 Å². The van der Waals surface area contributed by atoms with Gasteiger partial charge in [0.2, 0.25) is 5.91 Å². The molecule has 1 unspecified atom stereocenters. The molecule has 0 spiro atoms. The number of rotatable bonds is 6. The van der Waals surface area contributed by atoms with E-state index < -0.39 is 5.54 Å². The minimum atomic E-state index is -0.777. The molecule has 1 heterocycles. The number of carbonyl (C=O) groups is 1. The van der Waals surface area contributed by atoms with Crippen molar-refractivity contribution in [2.45, 2.75) is 25.4 Å². The third kappa shape index (κ3) is 3.42. The molecule has 0 aliphatic rings. The molecule has 2 rings (SSSR count). The Morgan fingerprint density at radius 2 is 2.15 bits per heavy atom. The third-order valence-electron chi connectivity index (χ3n) is 3.18.